The molecular formula is C16H24O3. The van der Waals surface area contributed by atoms with E-state index in [1.54, 1.807) is 0 Å². The zero-order valence-corrected chi connectivity index (χ0v) is 11.6. The molecule has 4 aliphatic carbocycles. The fourth-order valence-electron chi connectivity index (χ4n) is 5.33. The number of aliphatic hydroxyl groups is 1. The van der Waals surface area contributed by atoms with Crippen LogP contribution in [0.25, 0.3) is 0 Å². The van der Waals surface area contributed by atoms with Crippen LogP contribution in [0, 0.1) is 29.6 Å². The molecule has 4 saturated carbocycles. The van der Waals surface area contributed by atoms with E-state index in [1.165, 1.54) is 38.2 Å². The highest BCUT2D eigenvalue weighted by atomic mass is 16.4. The van der Waals surface area contributed by atoms with Crippen LogP contribution < -0.4 is 0 Å². The monoisotopic (exact) mass is 264 g/mol. The van der Waals surface area contributed by atoms with Crippen LogP contribution in [0.2, 0.25) is 0 Å². The second-order valence-electron chi connectivity index (χ2n) is 7.11. The Bertz CT molecular complexity index is 371. The molecule has 3 heteroatoms. The highest BCUT2D eigenvalue weighted by Crippen LogP contribution is 2.57. The molecule has 4 fully saturated rings. The van der Waals surface area contributed by atoms with Crippen molar-refractivity contribution in [1.82, 2.24) is 0 Å². The van der Waals surface area contributed by atoms with Gasteiger partial charge in [-0.15, -0.1) is 0 Å². The summed E-state index contributed by atoms with van der Waals surface area (Å²) in [6, 6.07) is 0. The summed E-state index contributed by atoms with van der Waals surface area (Å²) in [6.45, 7) is 1.81. The molecule has 4 rings (SSSR count). The normalized spacial score (nSPS) is 42.4. The quantitative estimate of drug-likeness (QED) is 0.768. The van der Waals surface area contributed by atoms with Gasteiger partial charge in [0.25, 0.3) is 0 Å². The lowest BCUT2D eigenvalue weighted by molar-refractivity contribution is -0.131. The van der Waals surface area contributed by atoms with Gasteiger partial charge in [0.15, 0.2) is 0 Å². The van der Waals surface area contributed by atoms with Crippen LogP contribution in [0.4, 0.5) is 0 Å². The number of hydrogen-bond donors (Lipinski definition) is 2. The summed E-state index contributed by atoms with van der Waals surface area (Å²) in [6.07, 6.45) is 8.05. The summed E-state index contributed by atoms with van der Waals surface area (Å²) in [5.74, 6) is 2.75. The molecule has 0 heterocycles. The summed E-state index contributed by atoms with van der Waals surface area (Å²) < 4.78 is 0. The van der Waals surface area contributed by atoms with Gasteiger partial charge in [0.05, 0.1) is 6.10 Å². The molecule has 0 aromatic heterocycles. The number of aliphatic hydroxyl groups excluding tert-OH is 1. The highest BCUT2D eigenvalue weighted by Gasteiger charge is 2.50. The van der Waals surface area contributed by atoms with Crippen molar-refractivity contribution in [1.29, 1.82) is 0 Å². The van der Waals surface area contributed by atoms with Crippen molar-refractivity contribution >= 4 is 5.97 Å². The van der Waals surface area contributed by atoms with Gasteiger partial charge >= 0.3 is 5.97 Å². The maximum absolute atomic E-state index is 10.7. The van der Waals surface area contributed by atoms with E-state index in [0.29, 0.717) is 24.2 Å². The minimum Gasteiger partial charge on any atom is -0.478 e. The van der Waals surface area contributed by atoms with Crippen LogP contribution in [0.1, 0.15) is 45.4 Å². The first-order valence-electron chi connectivity index (χ1n) is 7.61. The number of rotatable bonds is 4. The van der Waals surface area contributed by atoms with Gasteiger partial charge in [-0.05, 0) is 75.0 Å². The Balaban J connectivity index is 1.67. The van der Waals surface area contributed by atoms with Crippen molar-refractivity contribution in [2.75, 3.05) is 0 Å². The molecule has 4 bridgehead atoms. The number of carboxylic acids is 1. The number of carboxylic acid groups (broad SMARTS) is 1. The van der Waals surface area contributed by atoms with Gasteiger partial charge in [-0.2, -0.15) is 0 Å². The summed E-state index contributed by atoms with van der Waals surface area (Å²) in [5.41, 5.74) is 0.786. The number of carbonyl (C=O) groups is 1. The highest BCUT2D eigenvalue weighted by molar-refractivity contribution is 5.80. The van der Waals surface area contributed by atoms with E-state index >= 15 is 0 Å². The van der Waals surface area contributed by atoms with E-state index in [1.807, 2.05) is 6.92 Å². The van der Waals surface area contributed by atoms with Crippen molar-refractivity contribution in [2.45, 2.75) is 51.6 Å². The second kappa shape index (κ2) is 4.93. The summed E-state index contributed by atoms with van der Waals surface area (Å²) >= 11 is 0. The molecule has 0 radical (unpaired) electrons. The molecule has 0 aromatic rings. The Hall–Kier alpha value is -0.830. The lowest BCUT2D eigenvalue weighted by atomic mass is 9.50. The minimum atomic E-state index is -0.908. The molecule has 0 saturated heterocycles. The summed E-state index contributed by atoms with van der Waals surface area (Å²) in [4.78, 5) is 10.7. The van der Waals surface area contributed by atoms with Gasteiger partial charge in [0.2, 0.25) is 0 Å². The Morgan fingerprint density at radius 3 is 2.16 bits per heavy atom. The van der Waals surface area contributed by atoms with Gasteiger partial charge in [0.1, 0.15) is 0 Å². The minimum absolute atomic E-state index is 0.342. The Morgan fingerprint density at radius 1 is 1.16 bits per heavy atom. The van der Waals surface area contributed by atoms with E-state index in [-0.39, 0.29) is 6.10 Å². The first-order valence-corrected chi connectivity index (χ1v) is 7.61. The molecule has 4 aliphatic rings. The first-order chi connectivity index (χ1) is 9.02. The van der Waals surface area contributed by atoms with Gasteiger partial charge in [-0.3, -0.25) is 0 Å². The molecule has 0 spiro atoms. The van der Waals surface area contributed by atoms with Crippen LogP contribution in [0.3, 0.4) is 0 Å². The van der Waals surface area contributed by atoms with Gasteiger partial charge in [-0.1, -0.05) is 5.57 Å². The number of hydrogen-bond acceptors (Lipinski definition) is 2. The molecule has 0 aliphatic heterocycles. The standard InChI is InChI=1S/C16H24O3/c1-9(3-15(18)19)2-14(17)16-12-5-10-4-11(7-12)8-13(16)6-10/h3,10-14,16-17H,2,4-8H2,1H3,(H,18,19)/b9-3-. The van der Waals surface area contributed by atoms with E-state index in [4.69, 9.17) is 5.11 Å². The summed E-state index contributed by atoms with van der Waals surface area (Å²) in [5, 5.41) is 19.3. The van der Waals surface area contributed by atoms with Crippen molar-refractivity contribution in [2.24, 2.45) is 29.6 Å². The zero-order chi connectivity index (χ0) is 13.6. The SMILES string of the molecule is C/C(=C/C(=O)O)CC(O)C1C2CC3CC(C2)CC1C3. The topological polar surface area (TPSA) is 57.5 Å². The molecule has 2 N–H and O–H groups in total. The number of aliphatic carboxylic acids is 1. The molecule has 1 unspecified atom stereocenters. The van der Waals surface area contributed by atoms with Crippen molar-refractivity contribution in [3.63, 3.8) is 0 Å². The van der Waals surface area contributed by atoms with E-state index < -0.39 is 5.97 Å². The zero-order valence-electron chi connectivity index (χ0n) is 11.6. The Kier molecular flexibility index (Phi) is 3.42. The van der Waals surface area contributed by atoms with Crippen molar-refractivity contribution in [3.05, 3.63) is 11.6 Å². The predicted octanol–water partition coefficient (Wildman–Crippen LogP) is 2.84. The lowest BCUT2D eigenvalue weighted by Crippen LogP contribution is -2.49. The average molecular weight is 264 g/mol. The van der Waals surface area contributed by atoms with Gasteiger partial charge in [-0.25, -0.2) is 4.79 Å². The van der Waals surface area contributed by atoms with Crippen molar-refractivity contribution in [3.8, 4) is 0 Å². The molecule has 0 aromatic carbocycles. The molecule has 19 heavy (non-hydrogen) atoms. The largest absolute Gasteiger partial charge is 0.478 e. The molecule has 106 valence electrons. The van der Waals surface area contributed by atoms with Crippen LogP contribution in [0.15, 0.2) is 11.6 Å². The summed E-state index contributed by atoms with van der Waals surface area (Å²) in [7, 11) is 0. The van der Waals surface area contributed by atoms with Gasteiger partial charge in [0, 0.05) is 6.08 Å². The first kappa shape index (κ1) is 13.2. The maximum atomic E-state index is 10.7. The molecule has 0 amide bonds. The average Bonchev–Trinajstić information content (AvgIpc) is 2.25. The van der Waals surface area contributed by atoms with Crippen LogP contribution >= 0.6 is 0 Å². The van der Waals surface area contributed by atoms with E-state index in [9.17, 15) is 9.90 Å². The van der Waals surface area contributed by atoms with Crippen LogP contribution in [-0.2, 0) is 4.79 Å². The molecule has 3 nitrogen and oxygen atoms in total. The Labute approximate surface area is 114 Å². The lowest BCUT2D eigenvalue weighted by Gasteiger charge is -2.55. The third-order valence-corrected chi connectivity index (χ3v) is 5.64. The second-order valence-corrected chi connectivity index (χ2v) is 7.11. The molecular weight excluding hydrogens is 240 g/mol. The van der Waals surface area contributed by atoms with Gasteiger partial charge < -0.3 is 10.2 Å². The van der Waals surface area contributed by atoms with Crippen molar-refractivity contribution < 1.29 is 15.0 Å². The van der Waals surface area contributed by atoms with E-state index in [0.717, 1.165) is 17.4 Å². The fourth-order valence-corrected chi connectivity index (χ4v) is 5.33. The molecule has 1 atom stereocenters. The van der Waals surface area contributed by atoms with E-state index in [2.05, 4.69) is 0 Å². The smallest absolute Gasteiger partial charge is 0.328 e. The Morgan fingerprint density at radius 2 is 1.68 bits per heavy atom. The third-order valence-electron chi connectivity index (χ3n) is 5.64. The van der Waals surface area contributed by atoms with Crippen LogP contribution in [0.5, 0.6) is 0 Å². The fraction of sp³-hybridized carbons (Fsp3) is 0.812. The maximum Gasteiger partial charge on any atom is 0.328 e. The third kappa shape index (κ3) is 2.58. The predicted molar refractivity (Wildman–Crippen MR) is 72.6 cm³/mol. The van der Waals surface area contributed by atoms with Crippen LogP contribution in [-0.4, -0.2) is 22.3 Å².